The number of hydrogen-bond donors (Lipinski definition) is 1. The number of likely N-dealkylation sites (tertiary alicyclic amines) is 1. The lowest BCUT2D eigenvalue weighted by molar-refractivity contribution is -0.148. The lowest BCUT2D eigenvalue weighted by atomic mass is 10.1. The van der Waals surface area contributed by atoms with Crippen molar-refractivity contribution in [1.82, 2.24) is 4.90 Å². The van der Waals surface area contributed by atoms with Crippen molar-refractivity contribution in [3.63, 3.8) is 0 Å². The second kappa shape index (κ2) is 5.21. The molecule has 0 bridgehead atoms. The third-order valence-corrected chi connectivity index (χ3v) is 3.24. The Bertz CT molecular complexity index is 404. The predicted octanol–water partition coefficient (Wildman–Crippen LogP) is 0.297. The average molecular weight is 287 g/mol. The van der Waals surface area contributed by atoms with Crippen LogP contribution in [-0.2, 0) is 19.0 Å². The van der Waals surface area contributed by atoms with Crippen LogP contribution < -0.4 is 0 Å². The normalized spacial score (nSPS) is 33.0. The molecule has 0 aromatic heterocycles. The van der Waals surface area contributed by atoms with Gasteiger partial charge in [-0.05, 0) is 20.8 Å². The molecular formula is C13H21NO6. The Morgan fingerprint density at radius 3 is 2.55 bits per heavy atom. The molecule has 2 unspecified atom stereocenters. The molecule has 0 aromatic carbocycles. The molecule has 0 aliphatic carbocycles. The van der Waals surface area contributed by atoms with E-state index in [9.17, 15) is 14.7 Å². The van der Waals surface area contributed by atoms with Crippen LogP contribution in [0.25, 0.3) is 0 Å². The van der Waals surface area contributed by atoms with Crippen molar-refractivity contribution < 1.29 is 28.9 Å². The van der Waals surface area contributed by atoms with E-state index in [2.05, 4.69) is 0 Å². The summed E-state index contributed by atoms with van der Waals surface area (Å²) >= 11 is 0. The SMILES string of the molecule is CC(=O)OC1COC2[C@@H]1N(C(=O)OC(C)(C)C)C[C@H]2O. The van der Waals surface area contributed by atoms with Crippen LogP contribution >= 0.6 is 0 Å². The van der Waals surface area contributed by atoms with E-state index in [4.69, 9.17) is 14.2 Å². The molecule has 114 valence electrons. The van der Waals surface area contributed by atoms with Crippen molar-refractivity contribution in [2.45, 2.75) is 57.6 Å². The fraction of sp³-hybridized carbons (Fsp3) is 0.846. The first kappa shape index (κ1) is 15.1. The van der Waals surface area contributed by atoms with Gasteiger partial charge >= 0.3 is 12.1 Å². The number of carbonyl (C=O) groups excluding carboxylic acids is 2. The number of aliphatic hydroxyl groups excluding tert-OH is 1. The molecule has 2 heterocycles. The van der Waals surface area contributed by atoms with Gasteiger partial charge in [0, 0.05) is 6.92 Å². The number of aliphatic hydroxyl groups is 1. The Morgan fingerprint density at radius 2 is 2.00 bits per heavy atom. The minimum Gasteiger partial charge on any atom is -0.458 e. The molecule has 2 rings (SSSR count). The van der Waals surface area contributed by atoms with Gasteiger partial charge in [0.15, 0.2) is 0 Å². The number of rotatable bonds is 1. The Labute approximate surface area is 117 Å². The number of esters is 1. The number of amides is 1. The number of hydrogen-bond acceptors (Lipinski definition) is 6. The Kier molecular flexibility index (Phi) is 3.93. The van der Waals surface area contributed by atoms with Gasteiger partial charge in [-0.2, -0.15) is 0 Å². The van der Waals surface area contributed by atoms with E-state index in [1.807, 2.05) is 0 Å². The summed E-state index contributed by atoms with van der Waals surface area (Å²) in [4.78, 5) is 24.7. The third kappa shape index (κ3) is 3.04. The van der Waals surface area contributed by atoms with Gasteiger partial charge in [-0.15, -0.1) is 0 Å². The Balaban J connectivity index is 2.12. The van der Waals surface area contributed by atoms with Crippen molar-refractivity contribution >= 4 is 12.1 Å². The van der Waals surface area contributed by atoms with Gasteiger partial charge in [-0.25, -0.2) is 4.79 Å². The molecule has 0 saturated carbocycles. The maximum Gasteiger partial charge on any atom is 0.410 e. The second-order valence-electron chi connectivity index (χ2n) is 6.14. The van der Waals surface area contributed by atoms with E-state index in [1.54, 1.807) is 20.8 Å². The smallest absolute Gasteiger partial charge is 0.410 e. The minimum atomic E-state index is -0.798. The number of β-amino-alcohol motifs (C(OH)–C–C–N with tert-alkyl or cyclic N) is 1. The first-order chi connectivity index (χ1) is 9.19. The summed E-state index contributed by atoms with van der Waals surface area (Å²) in [6.07, 6.45) is -2.44. The maximum absolute atomic E-state index is 12.2. The fourth-order valence-electron chi connectivity index (χ4n) is 2.59. The molecule has 1 N–H and O–H groups in total. The molecule has 0 spiro atoms. The van der Waals surface area contributed by atoms with Gasteiger partial charge in [0.05, 0.1) is 13.2 Å². The van der Waals surface area contributed by atoms with E-state index in [0.717, 1.165) is 0 Å². The molecule has 7 heteroatoms. The second-order valence-corrected chi connectivity index (χ2v) is 6.14. The third-order valence-electron chi connectivity index (χ3n) is 3.24. The topological polar surface area (TPSA) is 85.3 Å². The van der Waals surface area contributed by atoms with Crippen LogP contribution in [0.4, 0.5) is 4.79 Å². The summed E-state index contributed by atoms with van der Waals surface area (Å²) in [5.74, 6) is -0.440. The minimum absolute atomic E-state index is 0.113. The van der Waals surface area contributed by atoms with Crippen molar-refractivity contribution in [3.05, 3.63) is 0 Å². The number of nitrogens with zero attached hydrogens (tertiary/aromatic N) is 1. The molecule has 1 amide bonds. The van der Waals surface area contributed by atoms with E-state index in [-0.39, 0.29) is 13.2 Å². The van der Waals surface area contributed by atoms with Crippen LogP contribution in [-0.4, -0.2) is 65.2 Å². The van der Waals surface area contributed by atoms with Crippen molar-refractivity contribution in [3.8, 4) is 0 Å². The molecule has 2 saturated heterocycles. The predicted molar refractivity (Wildman–Crippen MR) is 68.0 cm³/mol. The van der Waals surface area contributed by atoms with Gasteiger partial charge in [0.1, 0.15) is 30.0 Å². The highest BCUT2D eigenvalue weighted by molar-refractivity contribution is 5.70. The van der Waals surface area contributed by atoms with E-state index >= 15 is 0 Å². The standard InChI is InChI=1S/C13H21NO6/c1-7(15)19-9-6-18-11-8(16)5-14(10(9)11)12(17)20-13(2,3)4/h8-11,16H,5-6H2,1-4H3/t8-,9?,10-,11?/m1/s1. The molecule has 2 fully saturated rings. The summed E-state index contributed by atoms with van der Waals surface area (Å²) in [6, 6.07) is -0.497. The zero-order chi connectivity index (χ0) is 15.1. The fourth-order valence-corrected chi connectivity index (χ4v) is 2.59. The van der Waals surface area contributed by atoms with Gasteiger partial charge in [-0.1, -0.05) is 0 Å². The Hall–Kier alpha value is -1.34. The highest BCUT2D eigenvalue weighted by Crippen LogP contribution is 2.32. The van der Waals surface area contributed by atoms with E-state index in [0.29, 0.717) is 0 Å². The van der Waals surface area contributed by atoms with Crippen LogP contribution in [0.3, 0.4) is 0 Å². The van der Waals surface area contributed by atoms with E-state index < -0.39 is 42.0 Å². The van der Waals surface area contributed by atoms with Crippen molar-refractivity contribution in [2.75, 3.05) is 13.2 Å². The first-order valence-corrected chi connectivity index (χ1v) is 6.65. The molecule has 2 aliphatic heterocycles. The molecule has 2 aliphatic rings. The lowest BCUT2D eigenvalue weighted by Gasteiger charge is -2.29. The quantitative estimate of drug-likeness (QED) is 0.698. The average Bonchev–Trinajstić information content (AvgIpc) is 2.79. The molecule has 0 aromatic rings. The lowest BCUT2D eigenvalue weighted by Crippen LogP contribution is -2.47. The molecule has 4 atom stereocenters. The monoisotopic (exact) mass is 287 g/mol. The van der Waals surface area contributed by atoms with Crippen molar-refractivity contribution in [2.24, 2.45) is 0 Å². The van der Waals surface area contributed by atoms with Gasteiger partial charge in [0.25, 0.3) is 0 Å². The Morgan fingerprint density at radius 1 is 1.35 bits per heavy atom. The van der Waals surface area contributed by atoms with Crippen LogP contribution in [0, 0.1) is 0 Å². The van der Waals surface area contributed by atoms with Crippen LogP contribution in [0.15, 0.2) is 0 Å². The van der Waals surface area contributed by atoms with Crippen LogP contribution in [0.1, 0.15) is 27.7 Å². The molecule has 7 nitrogen and oxygen atoms in total. The zero-order valence-corrected chi connectivity index (χ0v) is 12.2. The molecule has 20 heavy (non-hydrogen) atoms. The molecular weight excluding hydrogens is 266 g/mol. The van der Waals surface area contributed by atoms with Gasteiger partial charge < -0.3 is 19.3 Å². The summed E-state index contributed by atoms with van der Waals surface area (Å²) in [6.45, 7) is 6.89. The number of carbonyl (C=O) groups is 2. The summed E-state index contributed by atoms with van der Waals surface area (Å²) < 4.78 is 15.9. The molecule has 0 radical (unpaired) electrons. The summed E-state index contributed by atoms with van der Waals surface area (Å²) in [7, 11) is 0. The number of ether oxygens (including phenoxy) is 3. The summed E-state index contributed by atoms with van der Waals surface area (Å²) in [5, 5.41) is 9.95. The maximum atomic E-state index is 12.2. The van der Waals surface area contributed by atoms with Gasteiger partial charge in [0.2, 0.25) is 0 Å². The van der Waals surface area contributed by atoms with Crippen LogP contribution in [0.2, 0.25) is 0 Å². The van der Waals surface area contributed by atoms with Gasteiger partial charge in [-0.3, -0.25) is 9.69 Å². The first-order valence-electron chi connectivity index (χ1n) is 6.65. The largest absolute Gasteiger partial charge is 0.458 e. The zero-order valence-electron chi connectivity index (χ0n) is 12.2. The highest BCUT2D eigenvalue weighted by Gasteiger charge is 2.54. The van der Waals surface area contributed by atoms with Crippen molar-refractivity contribution in [1.29, 1.82) is 0 Å². The highest BCUT2D eigenvalue weighted by atomic mass is 16.6. The number of fused-ring (bicyclic) bond motifs is 1. The summed E-state index contributed by atoms with van der Waals surface area (Å²) in [5.41, 5.74) is -0.628. The van der Waals surface area contributed by atoms with E-state index in [1.165, 1.54) is 11.8 Å². The van der Waals surface area contributed by atoms with Crippen LogP contribution in [0.5, 0.6) is 0 Å².